The Kier molecular flexibility index (Phi) is 5.66. The third-order valence-corrected chi connectivity index (χ3v) is 4.58. The Bertz CT molecular complexity index is 1150. The first-order chi connectivity index (χ1) is 14.7. The predicted octanol–water partition coefficient (Wildman–Crippen LogP) is 4.44. The Hall–Kier alpha value is -4.19. The van der Waals surface area contributed by atoms with Crippen LogP contribution < -0.4 is 10.6 Å². The molecule has 0 bridgehead atoms. The largest absolute Gasteiger partial charge is 0.339 e. The number of carbonyl (C=O) groups excluding carboxylic acids is 2. The summed E-state index contributed by atoms with van der Waals surface area (Å²) in [7, 11) is 0. The molecule has 2 amide bonds. The van der Waals surface area contributed by atoms with E-state index in [1.807, 2.05) is 47.2 Å². The SMILES string of the molecule is O=C(Nc1cccc(NC(=O)c2cccn2Cc2ccccc2)c1)c1ccncc1. The summed E-state index contributed by atoms with van der Waals surface area (Å²) in [5.41, 5.74) is 3.38. The van der Waals surface area contributed by atoms with E-state index in [2.05, 4.69) is 15.6 Å². The number of benzene rings is 2. The molecule has 0 unspecified atom stereocenters. The summed E-state index contributed by atoms with van der Waals surface area (Å²) in [5, 5.41) is 5.73. The summed E-state index contributed by atoms with van der Waals surface area (Å²) in [6.45, 7) is 0.610. The summed E-state index contributed by atoms with van der Waals surface area (Å²) < 4.78 is 1.90. The number of nitrogens with zero attached hydrogens (tertiary/aromatic N) is 2. The van der Waals surface area contributed by atoms with Crippen molar-refractivity contribution in [3.8, 4) is 0 Å². The minimum absolute atomic E-state index is 0.214. The van der Waals surface area contributed by atoms with Gasteiger partial charge in [-0.2, -0.15) is 0 Å². The first-order valence-electron chi connectivity index (χ1n) is 9.51. The molecule has 148 valence electrons. The molecule has 6 heteroatoms. The molecule has 0 saturated carbocycles. The van der Waals surface area contributed by atoms with Crippen LogP contribution in [0, 0.1) is 0 Å². The number of aromatic nitrogens is 2. The Labute approximate surface area is 174 Å². The highest BCUT2D eigenvalue weighted by molar-refractivity contribution is 6.06. The Morgan fingerprint density at radius 1 is 0.767 bits per heavy atom. The molecule has 2 aromatic heterocycles. The van der Waals surface area contributed by atoms with Gasteiger partial charge in [0.1, 0.15) is 5.69 Å². The number of carbonyl (C=O) groups is 2. The highest BCUT2D eigenvalue weighted by Gasteiger charge is 2.12. The molecule has 0 saturated heterocycles. The van der Waals surface area contributed by atoms with E-state index in [0.717, 1.165) is 5.56 Å². The molecule has 2 heterocycles. The predicted molar refractivity (Wildman–Crippen MR) is 117 cm³/mol. The van der Waals surface area contributed by atoms with Crippen molar-refractivity contribution < 1.29 is 9.59 Å². The summed E-state index contributed by atoms with van der Waals surface area (Å²) in [5.74, 6) is -0.453. The second-order valence-corrected chi connectivity index (χ2v) is 6.73. The minimum Gasteiger partial charge on any atom is -0.339 e. The van der Waals surface area contributed by atoms with Crippen LogP contribution in [0.4, 0.5) is 11.4 Å². The van der Waals surface area contributed by atoms with Gasteiger partial charge in [0.15, 0.2) is 0 Å². The molecule has 0 aliphatic rings. The molecular weight excluding hydrogens is 376 g/mol. The molecule has 2 N–H and O–H groups in total. The summed E-state index contributed by atoms with van der Waals surface area (Å²) >= 11 is 0. The Morgan fingerprint density at radius 2 is 1.47 bits per heavy atom. The van der Waals surface area contributed by atoms with Crippen LogP contribution in [0.25, 0.3) is 0 Å². The average molecular weight is 396 g/mol. The fourth-order valence-corrected chi connectivity index (χ4v) is 3.11. The zero-order valence-corrected chi connectivity index (χ0v) is 16.2. The van der Waals surface area contributed by atoms with Crippen LogP contribution in [-0.2, 0) is 6.54 Å². The second-order valence-electron chi connectivity index (χ2n) is 6.73. The third kappa shape index (κ3) is 4.62. The van der Waals surface area contributed by atoms with E-state index >= 15 is 0 Å². The van der Waals surface area contributed by atoms with Crippen molar-refractivity contribution in [1.82, 2.24) is 9.55 Å². The van der Waals surface area contributed by atoms with Gasteiger partial charge in [-0.05, 0) is 48.0 Å². The number of rotatable bonds is 6. The van der Waals surface area contributed by atoms with Crippen molar-refractivity contribution in [1.29, 1.82) is 0 Å². The van der Waals surface area contributed by atoms with Crippen molar-refractivity contribution in [3.05, 3.63) is 114 Å². The van der Waals surface area contributed by atoms with Crippen LogP contribution in [-0.4, -0.2) is 21.4 Å². The number of hydrogen-bond donors (Lipinski definition) is 2. The normalized spacial score (nSPS) is 10.4. The van der Waals surface area contributed by atoms with E-state index in [0.29, 0.717) is 29.2 Å². The van der Waals surface area contributed by atoms with Gasteiger partial charge in [0, 0.05) is 42.1 Å². The summed E-state index contributed by atoms with van der Waals surface area (Å²) in [6.07, 6.45) is 5.01. The topological polar surface area (TPSA) is 76.0 Å². The standard InChI is InChI=1S/C24H20N4O2/c29-23(19-11-13-25-14-12-19)26-20-8-4-9-21(16-20)27-24(30)22-10-5-15-28(22)17-18-6-2-1-3-7-18/h1-16H,17H2,(H,26,29)(H,27,30). The summed E-state index contributed by atoms with van der Waals surface area (Å²) in [4.78, 5) is 29.0. The lowest BCUT2D eigenvalue weighted by molar-refractivity contribution is 0.101. The molecule has 30 heavy (non-hydrogen) atoms. The molecular formula is C24H20N4O2. The second kappa shape index (κ2) is 8.87. The Balaban J connectivity index is 1.45. The minimum atomic E-state index is -0.238. The van der Waals surface area contributed by atoms with Crippen LogP contribution in [0.15, 0.2) is 97.5 Å². The zero-order valence-electron chi connectivity index (χ0n) is 16.2. The van der Waals surface area contributed by atoms with Gasteiger partial charge in [-0.1, -0.05) is 36.4 Å². The van der Waals surface area contributed by atoms with Gasteiger partial charge >= 0.3 is 0 Å². The van der Waals surface area contributed by atoms with Gasteiger partial charge in [-0.25, -0.2) is 0 Å². The molecule has 6 nitrogen and oxygen atoms in total. The lowest BCUT2D eigenvalue weighted by Crippen LogP contribution is -2.17. The first kappa shape index (κ1) is 19.1. The number of amides is 2. The van der Waals surface area contributed by atoms with E-state index in [4.69, 9.17) is 0 Å². The van der Waals surface area contributed by atoms with Crippen LogP contribution in [0.3, 0.4) is 0 Å². The van der Waals surface area contributed by atoms with Gasteiger partial charge in [-0.15, -0.1) is 0 Å². The van der Waals surface area contributed by atoms with Crippen molar-refractivity contribution in [3.63, 3.8) is 0 Å². The molecule has 0 spiro atoms. The lowest BCUT2D eigenvalue weighted by atomic mass is 10.2. The van der Waals surface area contributed by atoms with Crippen LogP contribution in [0.2, 0.25) is 0 Å². The van der Waals surface area contributed by atoms with Crippen molar-refractivity contribution in [2.24, 2.45) is 0 Å². The van der Waals surface area contributed by atoms with Gasteiger partial charge < -0.3 is 15.2 Å². The number of anilines is 2. The maximum atomic E-state index is 12.8. The van der Waals surface area contributed by atoms with E-state index in [1.165, 1.54) is 0 Å². The van der Waals surface area contributed by atoms with Crippen LogP contribution in [0.5, 0.6) is 0 Å². The van der Waals surface area contributed by atoms with E-state index in [1.54, 1.807) is 54.9 Å². The van der Waals surface area contributed by atoms with Gasteiger partial charge in [0.2, 0.25) is 0 Å². The fraction of sp³-hybridized carbons (Fsp3) is 0.0417. The van der Waals surface area contributed by atoms with Gasteiger partial charge in [0.05, 0.1) is 0 Å². The van der Waals surface area contributed by atoms with Gasteiger partial charge in [-0.3, -0.25) is 14.6 Å². The maximum absolute atomic E-state index is 12.8. The number of nitrogens with one attached hydrogen (secondary N) is 2. The molecule has 4 rings (SSSR count). The number of hydrogen-bond acceptors (Lipinski definition) is 3. The zero-order chi connectivity index (χ0) is 20.8. The maximum Gasteiger partial charge on any atom is 0.272 e. The molecule has 4 aromatic rings. The van der Waals surface area contributed by atoms with Crippen molar-refractivity contribution >= 4 is 23.2 Å². The van der Waals surface area contributed by atoms with Crippen molar-refractivity contribution in [2.75, 3.05) is 10.6 Å². The molecule has 0 aliphatic carbocycles. The molecule has 0 aliphatic heterocycles. The third-order valence-electron chi connectivity index (χ3n) is 4.58. The number of pyridine rings is 1. The lowest BCUT2D eigenvalue weighted by Gasteiger charge is -2.11. The van der Waals surface area contributed by atoms with Crippen molar-refractivity contribution in [2.45, 2.75) is 6.54 Å². The Morgan fingerprint density at radius 3 is 2.20 bits per heavy atom. The monoisotopic (exact) mass is 396 g/mol. The summed E-state index contributed by atoms with van der Waals surface area (Å²) in [6, 6.07) is 23.9. The molecule has 0 radical (unpaired) electrons. The quantitative estimate of drug-likeness (QED) is 0.506. The van der Waals surface area contributed by atoms with E-state index < -0.39 is 0 Å². The van der Waals surface area contributed by atoms with E-state index in [-0.39, 0.29) is 11.8 Å². The van der Waals surface area contributed by atoms with E-state index in [9.17, 15) is 9.59 Å². The molecule has 0 fully saturated rings. The molecule has 0 atom stereocenters. The first-order valence-corrected chi connectivity index (χ1v) is 9.51. The highest BCUT2D eigenvalue weighted by atomic mass is 16.2. The van der Waals surface area contributed by atoms with Crippen LogP contribution in [0.1, 0.15) is 26.4 Å². The van der Waals surface area contributed by atoms with Crippen LogP contribution >= 0.6 is 0 Å². The average Bonchev–Trinajstić information content (AvgIpc) is 3.23. The van der Waals surface area contributed by atoms with Gasteiger partial charge in [0.25, 0.3) is 11.8 Å². The molecule has 2 aromatic carbocycles. The smallest absolute Gasteiger partial charge is 0.272 e. The highest BCUT2D eigenvalue weighted by Crippen LogP contribution is 2.18. The fourth-order valence-electron chi connectivity index (χ4n) is 3.11.